The molecule has 4 rings (SSSR count). The molecule has 2 aliphatic heterocycles. The van der Waals surface area contributed by atoms with Crippen LogP contribution in [0, 0.1) is 5.92 Å². The van der Waals surface area contributed by atoms with Crippen molar-refractivity contribution in [1.29, 1.82) is 0 Å². The van der Waals surface area contributed by atoms with Gasteiger partial charge in [-0.25, -0.2) is 0 Å². The lowest BCUT2D eigenvalue weighted by atomic mass is 9.93. The number of piperidine rings is 1. The molecule has 2 heterocycles. The average Bonchev–Trinajstić information content (AvgIpc) is 2.87. The summed E-state index contributed by atoms with van der Waals surface area (Å²) in [6.45, 7) is 6.85. The lowest BCUT2D eigenvalue weighted by molar-refractivity contribution is 0.0332. The van der Waals surface area contributed by atoms with E-state index in [4.69, 9.17) is 25.8 Å². The molecule has 33 heavy (non-hydrogen) atoms. The number of ether oxygens (including phenoxy) is 3. The van der Waals surface area contributed by atoms with Crippen molar-refractivity contribution in [2.45, 2.75) is 25.9 Å². The van der Waals surface area contributed by atoms with Crippen molar-refractivity contribution in [3.05, 3.63) is 58.6 Å². The van der Waals surface area contributed by atoms with E-state index in [1.807, 2.05) is 35.2 Å². The van der Waals surface area contributed by atoms with Gasteiger partial charge in [-0.3, -0.25) is 9.69 Å². The molecular weight excluding hydrogens is 440 g/mol. The average molecular weight is 473 g/mol. The van der Waals surface area contributed by atoms with E-state index in [0.717, 1.165) is 64.3 Å². The molecule has 0 aromatic heterocycles. The van der Waals surface area contributed by atoms with Gasteiger partial charge in [-0.05, 0) is 56.0 Å². The number of carbonyl (C=O) groups is 1. The Kier molecular flexibility index (Phi) is 8.48. The highest BCUT2D eigenvalue weighted by atomic mass is 35.5. The molecule has 178 valence electrons. The number of amides is 1. The molecule has 0 aliphatic carbocycles. The van der Waals surface area contributed by atoms with Crippen molar-refractivity contribution in [2.24, 2.45) is 5.92 Å². The van der Waals surface area contributed by atoms with Crippen LogP contribution in [0.3, 0.4) is 0 Å². The van der Waals surface area contributed by atoms with Crippen LogP contribution in [0.5, 0.6) is 11.5 Å². The third-order valence-corrected chi connectivity index (χ3v) is 6.98. The summed E-state index contributed by atoms with van der Waals surface area (Å²) < 4.78 is 16.9. The number of hydrogen-bond donors (Lipinski definition) is 0. The minimum absolute atomic E-state index is 0.0533. The summed E-state index contributed by atoms with van der Waals surface area (Å²) in [5, 5.41) is 0.664. The number of morpholine rings is 1. The van der Waals surface area contributed by atoms with Gasteiger partial charge < -0.3 is 19.1 Å². The second-order valence-corrected chi connectivity index (χ2v) is 9.13. The molecule has 7 heteroatoms. The van der Waals surface area contributed by atoms with Crippen LogP contribution >= 0.6 is 11.6 Å². The van der Waals surface area contributed by atoms with Crippen molar-refractivity contribution in [2.75, 3.05) is 53.0 Å². The van der Waals surface area contributed by atoms with Gasteiger partial charge in [0.05, 0.1) is 20.3 Å². The lowest BCUT2D eigenvalue weighted by Crippen LogP contribution is -2.40. The monoisotopic (exact) mass is 472 g/mol. The second kappa shape index (κ2) is 11.7. The Hall–Kier alpha value is -2.28. The van der Waals surface area contributed by atoms with Gasteiger partial charge in [0.2, 0.25) is 0 Å². The zero-order valence-corrected chi connectivity index (χ0v) is 20.1. The molecule has 2 aromatic carbocycles. The van der Waals surface area contributed by atoms with Gasteiger partial charge in [0, 0.05) is 42.3 Å². The minimum Gasteiger partial charge on any atom is -0.493 e. The molecule has 0 radical (unpaired) electrons. The quantitative estimate of drug-likeness (QED) is 0.566. The van der Waals surface area contributed by atoms with Gasteiger partial charge in [-0.1, -0.05) is 29.8 Å². The number of methoxy groups -OCH3 is 1. The molecule has 0 atom stereocenters. The zero-order chi connectivity index (χ0) is 23.0. The van der Waals surface area contributed by atoms with Gasteiger partial charge in [0.1, 0.15) is 6.61 Å². The molecule has 0 saturated carbocycles. The highest BCUT2D eigenvalue weighted by Gasteiger charge is 2.25. The molecule has 0 spiro atoms. The standard InChI is InChI=1S/C26H33ClN2O4/c1-31-25-18-21(6-7-24(25)33-19-22-4-2-3-5-23(22)27)26(30)29-12-9-20(10-13-29)8-11-28-14-16-32-17-15-28/h2-7,18,20H,8-17,19H2,1H3. The fraction of sp³-hybridized carbons (Fsp3) is 0.500. The summed E-state index contributed by atoms with van der Waals surface area (Å²) in [6, 6.07) is 13.0. The van der Waals surface area contributed by atoms with Crippen LogP contribution in [0.1, 0.15) is 35.2 Å². The number of hydrogen-bond acceptors (Lipinski definition) is 5. The van der Waals surface area contributed by atoms with Crippen LogP contribution in [0.2, 0.25) is 5.02 Å². The number of carbonyl (C=O) groups excluding carboxylic acids is 1. The Labute approximate surface area is 201 Å². The zero-order valence-electron chi connectivity index (χ0n) is 19.3. The van der Waals surface area contributed by atoms with Crippen LogP contribution < -0.4 is 9.47 Å². The third-order valence-electron chi connectivity index (χ3n) is 6.61. The molecule has 0 N–H and O–H groups in total. The molecule has 2 fully saturated rings. The van der Waals surface area contributed by atoms with E-state index < -0.39 is 0 Å². The third kappa shape index (κ3) is 6.40. The van der Waals surface area contributed by atoms with Crippen molar-refractivity contribution >= 4 is 17.5 Å². The second-order valence-electron chi connectivity index (χ2n) is 8.72. The number of likely N-dealkylation sites (tertiary alicyclic amines) is 1. The Balaban J connectivity index is 1.29. The van der Waals surface area contributed by atoms with Gasteiger partial charge >= 0.3 is 0 Å². The van der Waals surface area contributed by atoms with E-state index in [-0.39, 0.29) is 5.91 Å². The first-order valence-corrected chi connectivity index (χ1v) is 12.2. The highest BCUT2D eigenvalue weighted by Crippen LogP contribution is 2.31. The molecule has 2 aliphatic rings. The smallest absolute Gasteiger partial charge is 0.253 e. The normalized spacial score (nSPS) is 17.7. The van der Waals surface area contributed by atoms with Gasteiger partial charge in [0.15, 0.2) is 11.5 Å². The number of nitrogens with zero attached hydrogens (tertiary/aromatic N) is 2. The van der Waals surface area contributed by atoms with E-state index in [2.05, 4.69) is 4.90 Å². The number of rotatable bonds is 8. The largest absolute Gasteiger partial charge is 0.493 e. The molecule has 6 nitrogen and oxygen atoms in total. The maximum Gasteiger partial charge on any atom is 0.253 e. The highest BCUT2D eigenvalue weighted by molar-refractivity contribution is 6.31. The maximum atomic E-state index is 13.1. The molecule has 2 aromatic rings. The fourth-order valence-corrected chi connectivity index (χ4v) is 4.68. The van der Waals surface area contributed by atoms with Gasteiger partial charge in [0.25, 0.3) is 5.91 Å². The molecule has 0 bridgehead atoms. The minimum atomic E-state index is 0.0533. The summed E-state index contributed by atoms with van der Waals surface area (Å²) in [5.41, 5.74) is 1.53. The Morgan fingerprint density at radius 3 is 2.55 bits per heavy atom. The summed E-state index contributed by atoms with van der Waals surface area (Å²) in [5.74, 6) is 1.88. The summed E-state index contributed by atoms with van der Waals surface area (Å²) in [4.78, 5) is 17.6. The van der Waals surface area contributed by atoms with E-state index in [1.165, 1.54) is 6.42 Å². The topological polar surface area (TPSA) is 51.2 Å². The molecule has 0 unspecified atom stereocenters. The first-order chi connectivity index (χ1) is 16.1. The number of halogens is 1. The lowest BCUT2D eigenvalue weighted by Gasteiger charge is -2.34. The number of benzene rings is 2. The maximum absolute atomic E-state index is 13.1. The van der Waals surface area contributed by atoms with E-state index >= 15 is 0 Å². The Morgan fingerprint density at radius 1 is 1.06 bits per heavy atom. The van der Waals surface area contributed by atoms with Gasteiger partial charge in [-0.15, -0.1) is 0 Å². The van der Waals surface area contributed by atoms with E-state index in [1.54, 1.807) is 19.2 Å². The first-order valence-electron chi connectivity index (χ1n) is 11.8. The predicted molar refractivity (Wildman–Crippen MR) is 129 cm³/mol. The van der Waals surface area contributed by atoms with Crippen molar-refractivity contribution in [3.63, 3.8) is 0 Å². The molecular formula is C26H33ClN2O4. The summed E-state index contributed by atoms with van der Waals surface area (Å²) in [6.07, 6.45) is 3.33. The van der Waals surface area contributed by atoms with Crippen LogP contribution in [0.4, 0.5) is 0 Å². The summed E-state index contributed by atoms with van der Waals surface area (Å²) in [7, 11) is 1.59. The van der Waals surface area contributed by atoms with Crippen LogP contribution in [-0.4, -0.2) is 68.8 Å². The van der Waals surface area contributed by atoms with Crippen LogP contribution in [-0.2, 0) is 11.3 Å². The summed E-state index contributed by atoms with van der Waals surface area (Å²) >= 11 is 6.22. The first kappa shape index (κ1) is 23.9. The van der Waals surface area contributed by atoms with E-state index in [0.29, 0.717) is 34.6 Å². The van der Waals surface area contributed by atoms with Crippen LogP contribution in [0.25, 0.3) is 0 Å². The van der Waals surface area contributed by atoms with Crippen LogP contribution in [0.15, 0.2) is 42.5 Å². The van der Waals surface area contributed by atoms with E-state index in [9.17, 15) is 4.79 Å². The van der Waals surface area contributed by atoms with Crippen molar-refractivity contribution in [1.82, 2.24) is 9.80 Å². The Bertz CT molecular complexity index is 924. The fourth-order valence-electron chi connectivity index (χ4n) is 4.49. The Morgan fingerprint density at radius 2 is 1.82 bits per heavy atom. The van der Waals surface area contributed by atoms with Gasteiger partial charge in [-0.2, -0.15) is 0 Å². The molecule has 2 saturated heterocycles. The van der Waals surface area contributed by atoms with Crippen molar-refractivity contribution in [3.8, 4) is 11.5 Å². The predicted octanol–water partition coefficient (Wildman–Crippen LogP) is 4.50. The SMILES string of the molecule is COc1cc(C(=O)N2CCC(CCN3CCOCC3)CC2)ccc1OCc1ccccc1Cl. The molecule has 1 amide bonds. The van der Waals surface area contributed by atoms with Crippen molar-refractivity contribution < 1.29 is 19.0 Å².